The SMILES string of the molecule is C[C@@H]1CN[C@@H](C)CN1c1ccc([N+](=O)[O-])cc1F. The Balaban J connectivity index is 2.30. The molecular formula is C12H16FN3O2. The molecule has 1 N–H and O–H groups in total. The van der Waals surface area contributed by atoms with Gasteiger partial charge in [-0.3, -0.25) is 10.1 Å². The third-order valence-corrected chi connectivity index (χ3v) is 3.22. The van der Waals surface area contributed by atoms with Gasteiger partial charge < -0.3 is 10.2 Å². The Hall–Kier alpha value is -1.69. The molecule has 0 unspecified atom stereocenters. The Morgan fingerprint density at radius 1 is 1.50 bits per heavy atom. The topological polar surface area (TPSA) is 58.4 Å². The lowest BCUT2D eigenvalue weighted by atomic mass is 10.1. The summed E-state index contributed by atoms with van der Waals surface area (Å²) in [7, 11) is 0. The molecule has 98 valence electrons. The number of anilines is 1. The van der Waals surface area contributed by atoms with Gasteiger partial charge in [-0.25, -0.2) is 4.39 Å². The number of halogens is 1. The fourth-order valence-electron chi connectivity index (χ4n) is 2.20. The van der Waals surface area contributed by atoms with E-state index in [0.29, 0.717) is 12.2 Å². The fraction of sp³-hybridized carbons (Fsp3) is 0.500. The maximum atomic E-state index is 13.9. The van der Waals surface area contributed by atoms with E-state index in [4.69, 9.17) is 0 Å². The van der Waals surface area contributed by atoms with Crippen molar-refractivity contribution in [2.75, 3.05) is 18.0 Å². The maximum Gasteiger partial charge on any atom is 0.272 e. The number of nitrogens with zero attached hydrogens (tertiary/aromatic N) is 2. The molecular weight excluding hydrogens is 237 g/mol. The number of rotatable bonds is 2. The van der Waals surface area contributed by atoms with Gasteiger partial charge in [0.15, 0.2) is 5.82 Å². The number of hydrogen-bond acceptors (Lipinski definition) is 4. The number of nitro benzene ring substituents is 1. The van der Waals surface area contributed by atoms with E-state index < -0.39 is 10.7 Å². The van der Waals surface area contributed by atoms with Crippen LogP contribution in [0.2, 0.25) is 0 Å². The third-order valence-electron chi connectivity index (χ3n) is 3.22. The molecule has 5 nitrogen and oxygen atoms in total. The molecule has 0 aliphatic carbocycles. The monoisotopic (exact) mass is 253 g/mol. The molecule has 0 spiro atoms. The minimum atomic E-state index is -0.587. The zero-order chi connectivity index (χ0) is 13.3. The molecule has 0 bridgehead atoms. The van der Waals surface area contributed by atoms with Crippen LogP contribution >= 0.6 is 0 Å². The Morgan fingerprint density at radius 2 is 2.22 bits per heavy atom. The van der Waals surface area contributed by atoms with Crippen molar-refractivity contribution in [3.8, 4) is 0 Å². The summed E-state index contributed by atoms with van der Waals surface area (Å²) in [5, 5.41) is 13.9. The molecule has 2 atom stereocenters. The maximum absolute atomic E-state index is 13.9. The minimum Gasteiger partial charge on any atom is -0.364 e. The second-order valence-electron chi connectivity index (χ2n) is 4.70. The summed E-state index contributed by atoms with van der Waals surface area (Å²) in [6.45, 7) is 5.50. The molecule has 1 aliphatic heterocycles. The van der Waals surface area contributed by atoms with E-state index in [1.165, 1.54) is 12.1 Å². The normalized spacial score (nSPS) is 24.1. The summed E-state index contributed by atoms with van der Waals surface area (Å²) in [5.74, 6) is -0.537. The van der Waals surface area contributed by atoms with Gasteiger partial charge in [-0.1, -0.05) is 0 Å². The Kier molecular flexibility index (Phi) is 3.47. The van der Waals surface area contributed by atoms with Gasteiger partial charge in [0.25, 0.3) is 5.69 Å². The van der Waals surface area contributed by atoms with Gasteiger partial charge in [0.1, 0.15) is 0 Å². The molecule has 6 heteroatoms. The third kappa shape index (κ3) is 2.43. The number of piperazine rings is 1. The average molecular weight is 253 g/mol. The predicted molar refractivity (Wildman–Crippen MR) is 67.3 cm³/mol. The van der Waals surface area contributed by atoms with Crippen molar-refractivity contribution < 1.29 is 9.31 Å². The molecule has 1 aliphatic rings. The van der Waals surface area contributed by atoms with Crippen molar-refractivity contribution in [1.29, 1.82) is 0 Å². The van der Waals surface area contributed by atoms with Crippen molar-refractivity contribution in [3.05, 3.63) is 34.1 Å². The first-order chi connectivity index (χ1) is 8.49. The molecule has 1 fully saturated rings. The fourth-order valence-corrected chi connectivity index (χ4v) is 2.20. The molecule has 1 aromatic rings. The van der Waals surface area contributed by atoms with Crippen LogP contribution in [-0.4, -0.2) is 30.1 Å². The van der Waals surface area contributed by atoms with Gasteiger partial charge in [-0.15, -0.1) is 0 Å². The van der Waals surface area contributed by atoms with Crippen molar-refractivity contribution in [1.82, 2.24) is 5.32 Å². The summed E-state index contributed by atoms with van der Waals surface area (Å²) in [6, 6.07) is 4.25. The average Bonchev–Trinajstić information content (AvgIpc) is 2.32. The Labute approximate surface area is 105 Å². The molecule has 0 radical (unpaired) electrons. The van der Waals surface area contributed by atoms with E-state index in [1.807, 2.05) is 18.7 Å². The molecule has 0 aromatic heterocycles. The largest absolute Gasteiger partial charge is 0.364 e. The zero-order valence-electron chi connectivity index (χ0n) is 10.4. The zero-order valence-corrected chi connectivity index (χ0v) is 10.4. The van der Waals surface area contributed by atoms with Crippen molar-refractivity contribution in [2.24, 2.45) is 0 Å². The van der Waals surface area contributed by atoms with Crippen molar-refractivity contribution in [3.63, 3.8) is 0 Å². The van der Waals surface area contributed by atoms with E-state index in [9.17, 15) is 14.5 Å². The molecule has 0 saturated carbocycles. The number of nitro groups is 1. The number of hydrogen-bond donors (Lipinski definition) is 1. The smallest absolute Gasteiger partial charge is 0.272 e. The molecule has 1 heterocycles. The summed E-state index contributed by atoms with van der Waals surface area (Å²) >= 11 is 0. The minimum absolute atomic E-state index is 0.164. The first kappa shape index (κ1) is 12.8. The van der Waals surface area contributed by atoms with Gasteiger partial charge in [0.05, 0.1) is 16.7 Å². The Bertz CT molecular complexity index is 467. The van der Waals surface area contributed by atoms with Crippen LogP contribution in [0.5, 0.6) is 0 Å². The lowest BCUT2D eigenvalue weighted by molar-refractivity contribution is -0.385. The van der Waals surface area contributed by atoms with Gasteiger partial charge in [0, 0.05) is 31.2 Å². The highest BCUT2D eigenvalue weighted by Gasteiger charge is 2.25. The molecule has 1 aromatic carbocycles. The lowest BCUT2D eigenvalue weighted by Crippen LogP contribution is -2.54. The van der Waals surface area contributed by atoms with Gasteiger partial charge in [-0.2, -0.15) is 0 Å². The summed E-state index contributed by atoms with van der Waals surface area (Å²) < 4.78 is 13.9. The van der Waals surface area contributed by atoms with E-state index >= 15 is 0 Å². The lowest BCUT2D eigenvalue weighted by Gasteiger charge is -2.39. The van der Waals surface area contributed by atoms with Gasteiger partial charge in [0.2, 0.25) is 0 Å². The van der Waals surface area contributed by atoms with Crippen molar-refractivity contribution >= 4 is 11.4 Å². The highest BCUT2D eigenvalue weighted by atomic mass is 19.1. The second kappa shape index (κ2) is 4.89. The van der Waals surface area contributed by atoms with Crippen LogP contribution in [0.1, 0.15) is 13.8 Å². The quantitative estimate of drug-likeness (QED) is 0.646. The van der Waals surface area contributed by atoms with E-state index in [1.54, 1.807) is 0 Å². The van der Waals surface area contributed by atoms with Crippen LogP contribution in [0, 0.1) is 15.9 Å². The Morgan fingerprint density at radius 3 is 2.83 bits per heavy atom. The van der Waals surface area contributed by atoms with Crippen LogP contribution in [-0.2, 0) is 0 Å². The predicted octanol–water partition coefficient (Wildman–Crippen LogP) is 1.92. The first-order valence-corrected chi connectivity index (χ1v) is 5.93. The highest BCUT2D eigenvalue weighted by molar-refractivity contribution is 5.53. The van der Waals surface area contributed by atoms with E-state index in [-0.39, 0.29) is 17.8 Å². The summed E-state index contributed by atoms with van der Waals surface area (Å²) in [6.07, 6.45) is 0. The summed E-state index contributed by atoms with van der Waals surface area (Å²) in [5.41, 5.74) is 0.216. The van der Waals surface area contributed by atoms with Gasteiger partial charge >= 0.3 is 0 Å². The number of nitrogens with one attached hydrogen (secondary N) is 1. The van der Waals surface area contributed by atoms with Crippen molar-refractivity contribution in [2.45, 2.75) is 25.9 Å². The van der Waals surface area contributed by atoms with E-state index in [2.05, 4.69) is 5.32 Å². The highest BCUT2D eigenvalue weighted by Crippen LogP contribution is 2.26. The van der Waals surface area contributed by atoms with E-state index in [0.717, 1.165) is 12.6 Å². The molecule has 18 heavy (non-hydrogen) atoms. The van der Waals surface area contributed by atoms with Crippen LogP contribution in [0.25, 0.3) is 0 Å². The van der Waals surface area contributed by atoms with Crippen LogP contribution in [0.3, 0.4) is 0 Å². The second-order valence-corrected chi connectivity index (χ2v) is 4.70. The van der Waals surface area contributed by atoms with Gasteiger partial charge in [-0.05, 0) is 19.9 Å². The molecule has 0 amide bonds. The van der Waals surface area contributed by atoms with Crippen LogP contribution in [0.15, 0.2) is 18.2 Å². The number of benzene rings is 1. The molecule has 1 saturated heterocycles. The first-order valence-electron chi connectivity index (χ1n) is 5.93. The van der Waals surface area contributed by atoms with Crippen LogP contribution in [0.4, 0.5) is 15.8 Å². The number of non-ortho nitro benzene ring substituents is 1. The summed E-state index contributed by atoms with van der Waals surface area (Å²) in [4.78, 5) is 11.9. The molecule has 2 rings (SSSR count). The standard InChI is InChI=1S/C12H16FN3O2/c1-8-7-15(9(2)6-14-8)12-4-3-10(16(17)18)5-11(12)13/h3-5,8-9,14H,6-7H2,1-2H3/t8-,9+/m0/s1. The van der Waals surface area contributed by atoms with Crippen LogP contribution < -0.4 is 10.2 Å².